The molecule has 0 atom stereocenters. The van der Waals surface area contributed by atoms with E-state index in [0.29, 0.717) is 5.92 Å². The zero-order chi connectivity index (χ0) is 9.42. The highest BCUT2D eigenvalue weighted by Crippen LogP contribution is 2.26. The van der Waals surface area contributed by atoms with E-state index in [0.717, 1.165) is 4.47 Å². The van der Waals surface area contributed by atoms with Crippen molar-refractivity contribution in [3.8, 4) is 0 Å². The molecule has 1 aromatic carbocycles. The van der Waals surface area contributed by atoms with E-state index in [9.17, 15) is 0 Å². The van der Waals surface area contributed by atoms with Crippen LogP contribution in [0.3, 0.4) is 0 Å². The highest BCUT2D eigenvalue weighted by molar-refractivity contribution is 9.10. The maximum Gasteiger partial charge on any atom is 0.0467 e. The predicted octanol–water partition coefficient (Wildman–Crippen LogP) is 4.05. The number of hydrogen-bond acceptors (Lipinski definition) is 0. The van der Waals surface area contributed by atoms with E-state index in [4.69, 9.17) is 0 Å². The van der Waals surface area contributed by atoms with Gasteiger partial charge in [-0.2, -0.15) is 0 Å². The van der Waals surface area contributed by atoms with E-state index in [2.05, 4.69) is 53.0 Å². The minimum atomic E-state index is 0.555. The Kier molecular flexibility index (Phi) is 2.16. The number of rotatable bonds is 1. The molecule has 0 saturated carbocycles. The van der Waals surface area contributed by atoms with Crippen LogP contribution in [-0.2, 0) is 0 Å². The lowest BCUT2D eigenvalue weighted by Gasteiger charge is -1.97. The molecule has 1 aromatic heterocycles. The minimum Gasteiger partial charge on any atom is -0.358 e. The first-order valence-corrected chi connectivity index (χ1v) is 5.25. The molecule has 0 aliphatic rings. The molecule has 0 amide bonds. The largest absolute Gasteiger partial charge is 0.358 e. The number of halogens is 1. The second-order valence-corrected chi connectivity index (χ2v) is 4.43. The Balaban J connectivity index is 2.68. The summed E-state index contributed by atoms with van der Waals surface area (Å²) in [4.78, 5) is 3.41. The van der Waals surface area contributed by atoms with Gasteiger partial charge in [-0.3, -0.25) is 0 Å². The number of benzene rings is 1. The van der Waals surface area contributed by atoms with Crippen molar-refractivity contribution in [3.63, 3.8) is 0 Å². The van der Waals surface area contributed by atoms with Gasteiger partial charge in [-0.05, 0) is 24.1 Å². The van der Waals surface area contributed by atoms with Crippen LogP contribution >= 0.6 is 15.9 Å². The van der Waals surface area contributed by atoms with Gasteiger partial charge in [0.05, 0.1) is 0 Å². The number of hydrogen-bond donors (Lipinski definition) is 1. The summed E-state index contributed by atoms with van der Waals surface area (Å²) in [6, 6.07) is 8.43. The van der Waals surface area contributed by atoms with Gasteiger partial charge in [0.2, 0.25) is 0 Å². The Labute approximate surface area is 86.3 Å². The molecule has 0 spiro atoms. The van der Waals surface area contributed by atoms with Crippen molar-refractivity contribution < 1.29 is 0 Å². The Morgan fingerprint density at radius 1 is 1.31 bits per heavy atom. The summed E-state index contributed by atoms with van der Waals surface area (Å²) in [6.07, 6.45) is 0. The predicted molar refractivity (Wildman–Crippen MR) is 60.1 cm³/mol. The van der Waals surface area contributed by atoms with Gasteiger partial charge >= 0.3 is 0 Å². The molecule has 0 fully saturated rings. The second kappa shape index (κ2) is 3.18. The summed E-state index contributed by atoms with van der Waals surface area (Å²) in [6.45, 7) is 4.39. The normalized spacial score (nSPS) is 11.4. The maximum absolute atomic E-state index is 3.54. The standard InChI is InChI=1S/C11H12BrN/c1-7(2)11-6-8-9(12)4-3-5-10(8)13-11/h3-7,13H,1-2H3. The number of nitrogens with one attached hydrogen (secondary N) is 1. The molecule has 1 N–H and O–H groups in total. The fourth-order valence-electron chi connectivity index (χ4n) is 1.45. The van der Waals surface area contributed by atoms with Crippen molar-refractivity contribution in [2.24, 2.45) is 0 Å². The topological polar surface area (TPSA) is 15.8 Å². The molecule has 2 aromatic rings. The first kappa shape index (κ1) is 8.82. The average Bonchev–Trinajstić information content (AvgIpc) is 2.49. The first-order chi connectivity index (χ1) is 6.18. The Bertz CT molecular complexity index is 429. The summed E-state index contributed by atoms with van der Waals surface area (Å²) in [5, 5.41) is 1.27. The average molecular weight is 238 g/mol. The van der Waals surface area contributed by atoms with Gasteiger partial charge in [-0.15, -0.1) is 0 Å². The van der Waals surface area contributed by atoms with Crippen molar-refractivity contribution >= 4 is 26.8 Å². The van der Waals surface area contributed by atoms with Crippen LogP contribution in [0.4, 0.5) is 0 Å². The van der Waals surface area contributed by atoms with Crippen LogP contribution in [0.15, 0.2) is 28.7 Å². The van der Waals surface area contributed by atoms with Gasteiger partial charge in [-0.1, -0.05) is 35.8 Å². The molecule has 1 heterocycles. The van der Waals surface area contributed by atoms with E-state index in [1.165, 1.54) is 16.6 Å². The molecule has 2 rings (SSSR count). The molecule has 1 nitrogen and oxygen atoms in total. The van der Waals surface area contributed by atoms with E-state index in [1.807, 2.05) is 6.07 Å². The molecule has 0 unspecified atom stereocenters. The van der Waals surface area contributed by atoms with Gasteiger partial charge in [0.25, 0.3) is 0 Å². The monoisotopic (exact) mass is 237 g/mol. The van der Waals surface area contributed by atoms with Gasteiger partial charge in [0.1, 0.15) is 0 Å². The third-order valence-electron chi connectivity index (χ3n) is 2.25. The Hall–Kier alpha value is -0.760. The first-order valence-electron chi connectivity index (χ1n) is 4.45. The molecule has 0 saturated heterocycles. The molecule has 0 aliphatic carbocycles. The fraction of sp³-hybridized carbons (Fsp3) is 0.273. The van der Waals surface area contributed by atoms with Gasteiger partial charge in [-0.25, -0.2) is 0 Å². The lowest BCUT2D eigenvalue weighted by Crippen LogP contribution is -1.84. The summed E-state index contributed by atoms with van der Waals surface area (Å²) < 4.78 is 1.16. The number of fused-ring (bicyclic) bond motifs is 1. The Morgan fingerprint density at radius 3 is 2.69 bits per heavy atom. The maximum atomic E-state index is 3.54. The van der Waals surface area contributed by atoms with Gasteiger partial charge in [0, 0.05) is 21.1 Å². The number of aromatic nitrogens is 1. The second-order valence-electron chi connectivity index (χ2n) is 3.58. The van der Waals surface area contributed by atoms with Crippen molar-refractivity contribution in [1.82, 2.24) is 4.98 Å². The van der Waals surface area contributed by atoms with Crippen molar-refractivity contribution in [2.75, 3.05) is 0 Å². The third kappa shape index (κ3) is 1.51. The molecule has 13 heavy (non-hydrogen) atoms. The van der Waals surface area contributed by atoms with E-state index in [-0.39, 0.29) is 0 Å². The number of aromatic amines is 1. The van der Waals surface area contributed by atoms with Crippen molar-refractivity contribution in [2.45, 2.75) is 19.8 Å². The van der Waals surface area contributed by atoms with Gasteiger partial charge in [0.15, 0.2) is 0 Å². The quantitative estimate of drug-likeness (QED) is 0.771. The molecule has 68 valence electrons. The molecule has 0 radical (unpaired) electrons. The van der Waals surface area contributed by atoms with Crippen LogP contribution in [0.25, 0.3) is 10.9 Å². The molecular formula is C11H12BrN. The van der Waals surface area contributed by atoms with Crippen molar-refractivity contribution in [1.29, 1.82) is 0 Å². The van der Waals surface area contributed by atoms with E-state index >= 15 is 0 Å². The SMILES string of the molecule is CC(C)c1cc2c(Br)cccc2[nH]1. The zero-order valence-corrected chi connectivity index (χ0v) is 9.35. The highest BCUT2D eigenvalue weighted by atomic mass is 79.9. The smallest absolute Gasteiger partial charge is 0.0467 e. The lowest BCUT2D eigenvalue weighted by molar-refractivity contribution is 0.836. The van der Waals surface area contributed by atoms with E-state index < -0.39 is 0 Å². The lowest BCUT2D eigenvalue weighted by atomic mass is 10.1. The van der Waals surface area contributed by atoms with Crippen LogP contribution in [-0.4, -0.2) is 4.98 Å². The molecule has 0 bridgehead atoms. The molecular weight excluding hydrogens is 226 g/mol. The summed E-state index contributed by atoms with van der Waals surface area (Å²) >= 11 is 3.54. The van der Waals surface area contributed by atoms with Crippen LogP contribution < -0.4 is 0 Å². The van der Waals surface area contributed by atoms with Crippen LogP contribution in [0.1, 0.15) is 25.5 Å². The fourth-order valence-corrected chi connectivity index (χ4v) is 1.93. The highest BCUT2D eigenvalue weighted by Gasteiger charge is 2.05. The number of H-pyrrole nitrogens is 1. The van der Waals surface area contributed by atoms with Crippen LogP contribution in [0.2, 0.25) is 0 Å². The Morgan fingerprint density at radius 2 is 2.08 bits per heavy atom. The van der Waals surface area contributed by atoms with Gasteiger partial charge < -0.3 is 4.98 Å². The van der Waals surface area contributed by atoms with Crippen molar-refractivity contribution in [3.05, 3.63) is 34.4 Å². The third-order valence-corrected chi connectivity index (χ3v) is 2.95. The zero-order valence-electron chi connectivity index (χ0n) is 7.76. The molecule has 2 heteroatoms. The summed E-state index contributed by atoms with van der Waals surface area (Å²) in [5.74, 6) is 0.555. The minimum absolute atomic E-state index is 0.555. The van der Waals surface area contributed by atoms with Crippen LogP contribution in [0.5, 0.6) is 0 Å². The molecule has 0 aliphatic heterocycles. The summed E-state index contributed by atoms with van der Waals surface area (Å²) in [7, 11) is 0. The summed E-state index contributed by atoms with van der Waals surface area (Å²) in [5.41, 5.74) is 2.50. The van der Waals surface area contributed by atoms with E-state index in [1.54, 1.807) is 0 Å². The van der Waals surface area contributed by atoms with Crippen LogP contribution in [0, 0.1) is 0 Å².